The molecule has 0 spiro atoms. The number of nitro benzene ring substituents is 1. The number of hydrogen-bond acceptors (Lipinski definition) is 11. The van der Waals surface area contributed by atoms with E-state index in [0.717, 1.165) is 9.26 Å². The Balaban J connectivity index is 1.38. The van der Waals surface area contributed by atoms with Crippen molar-refractivity contribution >= 4 is 74.7 Å². The lowest BCUT2D eigenvalue weighted by Crippen LogP contribution is -2.04. The minimum atomic E-state index is -0.461. The van der Waals surface area contributed by atoms with E-state index in [9.17, 15) is 10.1 Å². The van der Waals surface area contributed by atoms with Crippen molar-refractivity contribution in [2.45, 2.75) is 0 Å². The number of aromatic nitrogens is 4. The van der Waals surface area contributed by atoms with Gasteiger partial charge in [-0.25, -0.2) is 9.61 Å². The van der Waals surface area contributed by atoms with Gasteiger partial charge in [0.2, 0.25) is 11.3 Å². The fraction of sp³-hybridized carbons (Fsp3) is 0. The van der Waals surface area contributed by atoms with Crippen LogP contribution in [0.2, 0.25) is 5.02 Å². The van der Waals surface area contributed by atoms with Gasteiger partial charge in [0.1, 0.15) is 11.5 Å². The Morgan fingerprint density at radius 2 is 1.86 bits per heavy atom. The van der Waals surface area contributed by atoms with Gasteiger partial charge in [0.05, 0.1) is 16.8 Å². The minimum Gasteiger partial charge on any atom is -0.455 e. The third-order valence-electron chi connectivity index (χ3n) is 4.63. The number of nitro groups is 1. The molecule has 0 fully saturated rings. The molecule has 0 radical (unpaired) electrons. The Hall–Kier alpha value is -4.11. The third-order valence-corrected chi connectivity index (χ3v) is 5.76. The molecule has 5 aromatic rings. The van der Waals surface area contributed by atoms with E-state index in [0.29, 0.717) is 27.9 Å². The molecule has 0 atom stereocenters. The molecule has 0 aliphatic carbocycles. The van der Waals surface area contributed by atoms with Crippen LogP contribution in [0, 0.1) is 13.7 Å². The van der Waals surface area contributed by atoms with Crippen molar-refractivity contribution in [1.29, 1.82) is 0 Å². The summed E-state index contributed by atoms with van der Waals surface area (Å²) in [4.78, 5) is 19.3. The van der Waals surface area contributed by atoms with E-state index in [-0.39, 0.29) is 22.8 Å². The van der Waals surface area contributed by atoms with Crippen LogP contribution in [-0.2, 0) is 0 Å². The number of nitrogens with zero attached hydrogens (tertiary/aromatic N) is 6. The largest absolute Gasteiger partial charge is 0.455 e. The van der Waals surface area contributed by atoms with Crippen LogP contribution in [0.3, 0.4) is 0 Å². The average molecular weight is 603 g/mol. The van der Waals surface area contributed by atoms with E-state index in [2.05, 4.69) is 58.7 Å². The van der Waals surface area contributed by atoms with Crippen LogP contribution < -0.4 is 10.7 Å². The Morgan fingerprint density at radius 3 is 2.63 bits per heavy atom. The summed E-state index contributed by atoms with van der Waals surface area (Å²) in [5.41, 5.74) is 4.53. The number of furan rings is 1. The summed E-state index contributed by atoms with van der Waals surface area (Å²) in [6.45, 7) is 0. The highest BCUT2D eigenvalue weighted by Crippen LogP contribution is 2.29. The number of hydrazone groups is 1. The zero-order valence-electron chi connectivity index (χ0n) is 17.3. The summed E-state index contributed by atoms with van der Waals surface area (Å²) in [6.07, 6.45) is 1.43. The number of anilines is 3. The maximum absolute atomic E-state index is 11.0. The number of rotatable bonds is 7. The average Bonchev–Trinajstić information content (AvgIpc) is 3.50. The van der Waals surface area contributed by atoms with Crippen LogP contribution in [0.15, 0.2) is 68.7 Å². The van der Waals surface area contributed by atoms with E-state index in [1.54, 1.807) is 36.4 Å². The Morgan fingerprint density at radius 1 is 1.06 bits per heavy atom. The summed E-state index contributed by atoms with van der Waals surface area (Å²) in [6, 6.07) is 14.9. The van der Waals surface area contributed by atoms with E-state index in [1.807, 2.05) is 6.07 Å². The van der Waals surface area contributed by atoms with Crippen molar-refractivity contribution < 1.29 is 14.0 Å². The number of fused-ring (bicyclic) bond motifs is 1. The van der Waals surface area contributed by atoms with Gasteiger partial charge in [-0.15, -0.1) is 0 Å². The van der Waals surface area contributed by atoms with Crippen LogP contribution in [0.1, 0.15) is 5.76 Å². The number of benzene rings is 2. The molecule has 0 bridgehead atoms. The Kier molecular flexibility index (Phi) is 6.24. The quantitative estimate of drug-likeness (QED) is 0.104. The van der Waals surface area contributed by atoms with Gasteiger partial charge in [0.15, 0.2) is 11.6 Å². The highest BCUT2D eigenvalue weighted by atomic mass is 127. The number of hydrogen-bond donors (Lipinski definition) is 2. The summed E-state index contributed by atoms with van der Waals surface area (Å²) >= 11 is 8.19. The highest BCUT2D eigenvalue weighted by Gasteiger charge is 2.14. The summed E-state index contributed by atoms with van der Waals surface area (Å²) < 4.78 is 11.3. The van der Waals surface area contributed by atoms with Gasteiger partial charge in [-0.1, -0.05) is 23.7 Å². The first-order valence-electron chi connectivity index (χ1n) is 9.82. The molecule has 14 heteroatoms. The molecule has 0 aliphatic heterocycles. The Labute approximate surface area is 214 Å². The van der Waals surface area contributed by atoms with Crippen LogP contribution in [0.4, 0.5) is 23.0 Å². The summed E-state index contributed by atoms with van der Waals surface area (Å²) in [5, 5.41) is 26.4. The molecule has 35 heavy (non-hydrogen) atoms. The van der Waals surface area contributed by atoms with Crippen molar-refractivity contribution in [3.8, 4) is 11.3 Å². The van der Waals surface area contributed by atoms with Crippen LogP contribution in [0.25, 0.3) is 22.6 Å². The monoisotopic (exact) mass is 602 g/mol. The van der Waals surface area contributed by atoms with Gasteiger partial charge in [0.25, 0.3) is 5.69 Å². The lowest BCUT2D eigenvalue weighted by atomic mass is 10.1. The maximum Gasteiger partial charge on any atom is 0.270 e. The van der Waals surface area contributed by atoms with Gasteiger partial charge in [-0.3, -0.25) is 15.5 Å². The maximum atomic E-state index is 11.0. The topological polar surface area (TPSA) is 157 Å². The molecule has 2 N–H and O–H groups in total. The predicted molar refractivity (Wildman–Crippen MR) is 137 cm³/mol. The number of non-ortho nitro benzene ring substituents is 1. The first-order valence-corrected chi connectivity index (χ1v) is 11.3. The summed E-state index contributed by atoms with van der Waals surface area (Å²) in [7, 11) is 0. The standard InChI is InChI=1S/C21H12ClIN8O4/c22-12-4-6-16(15(23)9-12)25-18-19(27-21-20(26-18)29-35-30-21)28-24-10-14-5-7-17(34-14)11-2-1-3-13(8-11)31(32)33/h1-10H,(H,25,26,29)(H,27,28,30)/b24-10-. The fourth-order valence-corrected chi connectivity index (χ4v) is 4.03. The van der Waals surface area contributed by atoms with E-state index in [1.165, 1.54) is 18.3 Å². The SMILES string of the molecule is O=[N+]([O-])c1cccc(-c2ccc(/C=N\Nc3nc4nonc4nc3Nc3ccc(Cl)cc3I)o2)c1. The van der Waals surface area contributed by atoms with E-state index >= 15 is 0 Å². The lowest BCUT2D eigenvalue weighted by Gasteiger charge is -2.10. The molecular weight excluding hydrogens is 591 g/mol. The predicted octanol–water partition coefficient (Wildman–Crippen LogP) is 5.63. The molecule has 0 saturated heterocycles. The normalized spacial score (nSPS) is 11.3. The molecule has 0 amide bonds. The van der Waals surface area contributed by atoms with Crippen molar-refractivity contribution in [3.05, 3.63) is 79.1 Å². The molecule has 0 unspecified atom stereocenters. The van der Waals surface area contributed by atoms with Crippen LogP contribution >= 0.6 is 34.2 Å². The second-order valence-electron chi connectivity index (χ2n) is 6.96. The molecule has 3 aromatic heterocycles. The van der Waals surface area contributed by atoms with Gasteiger partial charge in [0, 0.05) is 26.3 Å². The summed E-state index contributed by atoms with van der Waals surface area (Å²) in [5.74, 6) is 1.48. The smallest absolute Gasteiger partial charge is 0.270 e. The second kappa shape index (κ2) is 9.63. The first kappa shape index (κ1) is 22.7. The molecule has 12 nitrogen and oxygen atoms in total. The zero-order valence-corrected chi connectivity index (χ0v) is 20.3. The van der Waals surface area contributed by atoms with Crippen molar-refractivity contribution in [3.63, 3.8) is 0 Å². The molecule has 3 heterocycles. The van der Waals surface area contributed by atoms with Gasteiger partial charge < -0.3 is 9.73 Å². The van der Waals surface area contributed by atoms with Crippen molar-refractivity contribution in [1.82, 2.24) is 20.3 Å². The molecule has 2 aromatic carbocycles. The first-order chi connectivity index (χ1) is 17.0. The van der Waals surface area contributed by atoms with Crippen molar-refractivity contribution in [2.24, 2.45) is 5.10 Å². The third kappa shape index (κ3) is 5.04. The zero-order chi connectivity index (χ0) is 24.4. The van der Waals surface area contributed by atoms with E-state index in [4.69, 9.17) is 20.6 Å². The highest BCUT2D eigenvalue weighted by molar-refractivity contribution is 14.1. The lowest BCUT2D eigenvalue weighted by molar-refractivity contribution is -0.384. The van der Waals surface area contributed by atoms with E-state index < -0.39 is 4.92 Å². The molecule has 174 valence electrons. The molecule has 0 aliphatic rings. The van der Waals surface area contributed by atoms with Gasteiger partial charge >= 0.3 is 0 Å². The van der Waals surface area contributed by atoms with Gasteiger partial charge in [-0.2, -0.15) is 10.1 Å². The second-order valence-corrected chi connectivity index (χ2v) is 8.56. The molecule has 5 rings (SSSR count). The van der Waals surface area contributed by atoms with Crippen LogP contribution in [-0.4, -0.2) is 31.4 Å². The molecule has 0 saturated carbocycles. The minimum absolute atomic E-state index is 0.0255. The van der Waals surface area contributed by atoms with Crippen LogP contribution in [0.5, 0.6) is 0 Å². The Bertz CT molecular complexity index is 1580. The number of nitrogens with one attached hydrogen (secondary N) is 2. The number of halogens is 2. The van der Waals surface area contributed by atoms with Crippen molar-refractivity contribution in [2.75, 3.05) is 10.7 Å². The fourth-order valence-electron chi connectivity index (χ4n) is 3.03. The van der Waals surface area contributed by atoms with Gasteiger partial charge in [-0.05, 0) is 63.2 Å². The molecular formula is C21H12ClIN8O4.